The molecule has 1 aromatic heterocycles. The van der Waals surface area contributed by atoms with Gasteiger partial charge in [-0.15, -0.1) is 11.3 Å². The van der Waals surface area contributed by atoms with Crippen LogP contribution in [0.1, 0.15) is 55.1 Å². The Bertz CT molecular complexity index is 404. The van der Waals surface area contributed by atoms with Gasteiger partial charge in [0.1, 0.15) is 5.01 Å². The Hall–Kier alpha value is -0.410. The van der Waals surface area contributed by atoms with Crippen LogP contribution in [0.5, 0.6) is 0 Å². The molecule has 3 rings (SSSR count). The van der Waals surface area contributed by atoms with Crippen molar-refractivity contribution in [1.82, 2.24) is 4.98 Å². The first-order valence-corrected chi connectivity index (χ1v) is 7.69. The summed E-state index contributed by atoms with van der Waals surface area (Å²) in [4.78, 5) is 6.37. The van der Waals surface area contributed by atoms with Crippen LogP contribution < -0.4 is 5.73 Å². The highest BCUT2D eigenvalue weighted by Crippen LogP contribution is 2.44. The lowest BCUT2D eigenvalue weighted by Crippen LogP contribution is -2.46. The van der Waals surface area contributed by atoms with Crippen molar-refractivity contribution in [2.24, 2.45) is 17.6 Å². The third-order valence-electron chi connectivity index (χ3n) is 4.68. The van der Waals surface area contributed by atoms with Crippen molar-refractivity contribution in [1.29, 1.82) is 0 Å². The van der Waals surface area contributed by atoms with E-state index in [4.69, 9.17) is 10.7 Å². The van der Waals surface area contributed by atoms with E-state index in [0.717, 1.165) is 12.3 Å². The summed E-state index contributed by atoms with van der Waals surface area (Å²) in [6.45, 7) is 4.65. The molecule has 2 N–H and O–H groups in total. The molecule has 2 aliphatic carbocycles. The molecule has 3 heteroatoms. The van der Waals surface area contributed by atoms with E-state index >= 15 is 0 Å². The van der Waals surface area contributed by atoms with Crippen LogP contribution in [-0.4, -0.2) is 4.98 Å². The average Bonchev–Trinajstić information content (AvgIpc) is 2.84. The van der Waals surface area contributed by atoms with Crippen molar-refractivity contribution in [2.75, 3.05) is 0 Å². The minimum atomic E-state index is -0.137. The summed E-state index contributed by atoms with van der Waals surface area (Å²) in [6, 6.07) is 0. The lowest BCUT2D eigenvalue weighted by molar-refractivity contribution is 0.164. The topological polar surface area (TPSA) is 38.9 Å². The molecule has 0 aromatic carbocycles. The molecule has 1 aromatic rings. The Labute approximate surface area is 108 Å². The monoisotopic (exact) mass is 250 g/mol. The fourth-order valence-corrected chi connectivity index (χ4v) is 4.76. The predicted molar refractivity (Wildman–Crippen MR) is 72.2 cm³/mol. The van der Waals surface area contributed by atoms with E-state index in [1.54, 1.807) is 0 Å². The highest BCUT2D eigenvalue weighted by atomic mass is 32.1. The Morgan fingerprint density at radius 3 is 2.88 bits per heavy atom. The molecule has 0 amide bonds. The van der Waals surface area contributed by atoms with E-state index < -0.39 is 0 Å². The summed E-state index contributed by atoms with van der Waals surface area (Å²) in [7, 11) is 0. The number of hydrogen-bond acceptors (Lipinski definition) is 3. The van der Waals surface area contributed by atoms with Crippen LogP contribution in [0.4, 0.5) is 0 Å². The van der Waals surface area contributed by atoms with Gasteiger partial charge in [-0.25, -0.2) is 4.98 Å². The molecule has 94 valence electrons. The van der Waals surface area contributed by atoms with Gasteiger partial charge in [-0.05, 0) is 50.4 Å². The molecule has 0 bridgehead atoms. The third kappa shape index (κ3) is 1.84. The molecule has 0 aliphatic heterocycles. The molecule has 2 nitrogen and oxygen atoms in total. The smallest absolute Gasteiger partial charge is 0.113 e. The van der Waals surface area contributed by atoms with Crippen molar-refractivity contribution in [2.45, 2.75) is 57.9 Å². The normalized spacial score (nSPS) is 37.1. The van der Waals surface area contributed by atoms with Gasteiger partial charge < -0.3 is 5.73 Å². The molecule has 2 aliphatic rings. The molecule has 1 fully saturated rings. The van der Waals surface area contributed by atoms with Gasteiger partial charge in [0.15, 0.2) is 0 Å². The molecule has 17 heavy (non-hydrogen) atoms. The first-order valence-electron chi connectivity index (χ1n) is 6.87. The zero-order valence-corrected chi connectivity index (χ0v) is 11.6. The highest BCUT2D eigenvalue weighted by Gasteiger charge is 2.41. The first-order chi connectivity index (χ1) is 8.09. The molecule has 1 heterocycles. The van der Waals surface area contributed by atoms with Crippen LogP contribution in [0.25, 0.3) is 0 Å². The zero-order valence-electron chi connectivity index (χ0n) is 10.8. The highest BCUT2D eigenvalue weighted by molar-refractivity contribution is 7.12. The van der Waals surface area contributed by atoms with Gasteiger partial charge in [0.2, 0.25) is 0 Å². The fraction of sp³-hybridized carbons (Fsp3) is 0.786. The van der Waals surface area contributed by atoms with Crippen LogP contribution in [0.3, 0.4) is 0 Å². The molecular formula is C14H22N2S. The van der Waals surface area contributed by atoms with Crippen LogP contribution in [0, 0.1) is 11.8 Å². The summed E-state index contributed by atoms with van der Waals surface area (Å²) in [6.07, 6.45) is 7.31. The minimum Gasteiger partial charge on any atom is -0.319 e. The molecular weight excluding hydrogens is 228 g/mol. The number of nitrogens with zero attached hydrogens (tertiary/aromatic N) is 1. The van der Waals surface area contributed by atoms with Crippen LogP contribution in [-0.2, 0) is 18.4 Å². The minimum absolute atomic E-state index is 0.137. The third-order valence-corrected chi connectivity index (χ3v) is 6.03. The van der Waals surface area contributed by atoms with E-state index in [-0.39, 0.29) is 5.54 Å². The lowest BCUT2D eigenvalue weighted by atomic mass is 9.71. The summed E-state index contributed by atoms with van der Waals surface area (Å²) in [5.41, 5.74) is 7.91. The predicted octanol–water partition coefficient (Wildman–Crippen LogP) is 3.24. The second-order valence-corrected chi connectivity index (χ2v) is 7.15. The van der Waals surface area contributed by atoms with E-state index in [1.807, 2.05) is 11.3 Å². The summed E-state index contributed by atoms with van der Waals surface area (Å²) in [5.74, 6) is 1.39. The summed E-state index contributed by atoms with van der Waals surface area (Å²) in [5, 5.41) is 1.22. The molecule has 0 radical (unpaired) electrons. The standard InChI is InChI=1S/C14H22N2S/c1-9-6-7-14(15,10(2)8-9)13-16-11-4-3-5-12(11)17-13/h9-10H,3-8,15H2,1-2H3. The second-order valence-electron chi connectivity index (χ2n) is 6.06. The van der Waals surface area contributed by atoms with E-state index in [0.29, 0.717) is 5.92 Å². The quantitative estimate of drug-likeness (QED) is 0.831. The number of fused-ring (bicyclic) bond motifs is 1. The molecule has 0 saturated heterocycles. The van der Waals surface area contributed by atoms with Gasteiger partial charge in [0.25, 0.3) is 0 Å². The van der Waals surface area contributed by atoms with Crippen LogP contribution in [0.15, 0.2) is 0 Å². The van der Waals surface area contributed by atoms with Gasteiger partial charge in [-0.1, -0.05) is 13.8 Å². The second kappa shape index (κ2) is 4.06. The molecule has 1 saturated carbocycles. The van der Waals surface area contributed by atoms with Gasteiger partial charge in [0.05, 0.1) is 11.2 Å². The fourth-order valence-electron chi connectivity index (χ4n) is 3.37. The van der Waals surface area contributed by atoms with Gasteiger partial charge in [-0.3, -0.25) is 0 Å². The number of hydrogen-bond donors (Lipinski definition) is 1. The Morgan fingerprint density at radius 1 is 1.35 bits per heavy atom. The Balaban J connectivity index is 1.91. The maximum atomic E-state index is 6.70. The number of nitrogens with two attached hydrogens (primary N) is 1. The molecule has 3 unspecified atom stereocenters. The van der Waals surface area contributed by atoms with Crippen molar-refractivity contribution in [3.05, 3.63) is 15.6 Å². The summed E-state index contributed by atoms with van der Waals surface area (Å²) < 4.78 is 0. The van der Waals surface area contributed by atoms with Gasteiger partial charge >= 0.3 is 0 Å². The number of aryl methyl sites for hydroxylation is 2. The van der Waals surface area contributed by atoms with Gasteiger partial charge in [0, 0.05) is 4.88 Å². The number of aromatic nitrogens is 1. The molecule has 3 atom stereocenters. The van der Waals surface area contributed by atoms with Crippen molar-refractivity contribution in [3.8, 4) is 0 Å². The number of rotatable bonds is 1. The van der Waals surface area contributed by atoms with E-state index in [9.17, 15) is 0 Å². The zero-order chi connectivity index (χ0) is 12.0. The van der Waals surface area contributed by atoms with Crippen molar-refractivity contribution in [3.63, 3.8) is 0 Å². The lowest BCUT2D eigenvalue weighted by Gasteiger charge is -2.40. The van der Waals surface area contributed by atoms with Gasteiger partial charge in [-0.2, -0.15) is 0 Å². The summed E-state index contributed by atoms with van der Waals surface area (Å²) >= 11 is 1.90. The van der Waals surface area contributed by atoms with Crippen molar-refractivity contribution >= 4 is 11.3 Å². The Kier molecular flexibility index (Phi) is 2.79. The van der Waals surface area contributed by atoms with Crippen molar-refractivity contribution < 1.29 is 0 Å². The SMILES string of the molecule is CC1CCC(N)(c2nc3c(s2)CCC3)C(C)C1. The average molecular weight is 250 g/mol. The van der Waals surface area contributed by atoms with Crippen LogP contribution in [0.2, 0.25) is 0 Å². The van der Waals surface area contributed by atoms with Crippen LogP contribution >= 0.6 is 11.3 Å². The van der Waals surface area contributed by atoms with E-state index in [2.05, 4.69) is 13.8 Å². The maximum Gasteiger partial charge on any atom is 0.113 e. The molecule has 0 spiro atoms. The van der Waals surface area contributed by atoms with E-state index in [1.165, 1.54) is 47.7 Å². The maximum absolute atomic E-state index is 6.70. The Morgan fingerprint density at radius 2 is 2.18 bits per heavy atom. The largest absolute Gasteiger partial charge is 0.319 e. The number of thiazole rings is 1. The first kappa shape index (κ1) is 11.7.